The summed E-state index contributed by atoms with van der Waals surface area (Å²) in [5, 5.41) is 11.6. The van der Waals surface area contributed by atoms with Gasteiger partial charge in [0.2, 0.25) is 0 Å². The Hall–Kier alpha value is -2.26. The van der Waals surface area contributed by atoms with Crippen molar-refractivity contribution in [1.82, 2.24) is 20.1 Å². The smallest absolute Gasteiger partial charge is 0.378 e. The predicted octanol–water partition coefficient (Wildman–Crippen LogP) is 5.42. The molecule has 194 valence electrons. The summed E-state index contributed by atoms with van der Waals surface area (Å²) in [5.74, 6) is 1.34. The lowest BCUT2D eigenvalue weighted by Gasteiger charge is -2.37. The number of hydrogen-bond acceptors (Lipinski definition) is 6. The van der Waals surface area contributed by atoms with Crippen LogP contribution in [-0.4, -0.2) is 58.4 Å². The second-order valence-corrected chi connectivity index (χ2v) is 10.9. The molecular formula is C27H34F3N5O. The SMILES string of the molecule is [2H]C([2H])(N1CC2CC(Nc3ccc(-c4cnccc4C(F)(F)F)nn3)CC2C1)[C@]12CCCCC[C@@H]1OCC2. The molecule has 2 saturated heterocycles. The number of ether oxygens (including phenoxy) is 1. The lowest BCUT2D eigenvalue weighted by molar-refractivity contribution is -0.137. The molecular weight excluding hydrogens is 467 g/mol. The summed E-state index contributed by atoms with van der Waals surface area (Å²) in [6.45, 7) is 0.774. The number of halogens is 3. The molecule has 2 saturated carbocycles. The number of fused-ring (bicyclic) bond motifs is 2. The maximum Gasteiger partial charge on any atom is 0.417 e. The fourth-order valence-corrected chi connectivity index (χ4v) is 6.91. The highest BCUT2D eigenvalue weighted by atomic mass is 19.4. The van der Waals surface area contributed by atoms with E-state index in [1.54, 1.807) is 12.1 Å². The van der Waals surface area contributed by atoms with E-state index < -0.39 is 23.7 Å². The number of aromatic nitrogens is 3. The third kappa shape index (κ3) is 4.72. The topological polar surface area (TPSA) is 63.2 Å². The van der Waals surface area contributed by atoms with E-state index >= 15 is 0 Å². The molecule has 2 aromatic heterocycles. The quantitative estimate of drug-likeness (QED) is 0.588. The van der Waals surface area contributed by atoms with Crippen LogP contribution < -0.4 is 5.32 Å². The molecule has 0 bridgehead atoms. The molecule has 4 aliphatic rings. The summed E-state index contributed by atoms with van der Waals surface area (Å²) in [4.78, 5) is 5.93. The third-order valence-corrected chi connectivity index (χ3v) is 8.62. The van der Waals surface area contributed by atoms with Crippen LogP contribution in [0.5, 0.6) is 0 Å². The van der Waals surface area contributed by atoms with Crippen LogP contribution in [0.2, 0.25) is 0 Å². The molecule has 4 fully saturated rings. The number of nitrogens with one attached hydrogen (secondary N) is 1. The summed E-state index contributed by atoms with van der Waals surface area (Å²) in [7, 11) is 0. The molecule has 2 aliphatic carbocycles. The molecule has 4 atom stereocenters. The van der Waals surface area contributed by atoms with Crippen molar-refractivity contribution in [3.63, 3.8) is 0 Å². The summed E-state index contributed by atoms with van der Waals surface area (Å²) in [6.07, 6.45) is 5.66. The van der Waals surface area contributed by atoms with Gasteiger partial charge in [0, 0.05) is 58.3 Å². The van der Waals surface area contributed by atoms with Crippen LogP contribution in [0.15, 0.2) is 30.6 Å². The van der Waals surface area contributed by atoms with Gasteiger partial charge in [-0.05, 0) is 62.1 Å². The van der Waals surface area contributed by atoms with E-state index in [2.05, 4.69) is 25.4 Å². The minimum atomic E-state index is -4.50. The second kappa shape index (κ2) is 9.56. The van der Waals surface area contributed by atoms with Crippen LogP contribution >= 0.6 is 0 Å². The average molecular weight is 504 g/mol. The zero-order valence-corrected chi connectivity index (χ0v) is 20.3. The fraction of sp³-hybridized carbons (Fsp3) is 0.667. The molecule has 1 N–H and O–H groups in total. The number of nitrogens with zero attached hydrogens (tertiary/aromatic N) is 4. The Morgan fingerprint density at radius 2 is 1.92 bits per heavy atom. The Bertz CT molecular complexity index is 1140. The third-order valence-electron chi connectivity index (χ3n) is 8.62. The van der Waals surface area contributed by atoms with Crippen molar-refractivity contribution in [3.05, 3.63) is 36.2 Å². The van der Waals surface area contributed by atoms with Crippen LogP contribution in [0.25, 0.3) is 11.3 Å². The van der Waals surface area contributed by atoms with E-state index in [0.29, 0.717) is 24.3 Å². The second-order valence-electron chi connectivity index (χ2n) is 10.9. The number of alkyl halides is 3. The number of hydrogen-bond donors (Lipinski definition) is 1. The van der Waals surface area contributed by atoms with Gasteiger partial charge in [0.1, 0.15) is 5.82 Å². The van der Waals surface area contributed by atoms with Crippen LogP contribution in [0.4, 0.5) is 19.0 Å². The molecule has 0 aromatic carbocycles. The molecule has 0 amide bonds. The van der Waals surface area contributed by atoms with E-state index in [0.717, 1.165) is 82.9 Å². The molecule has 0 radical (unpaired) electrons. The highest BCUT2D eigenvalue weighted by Crippen LogP contribution is 2.47. The van der Waals surface area contributed by atoms with E-state index in [4.69, 9.17) is 4.74 Å². The van der Waals surface area contributed by atoms with Crippen LogP contribution in [0, 0.1) is 17.3 Å². The molecule has 2 unspecified atom stereocenters. The van der Waals surface area contributed by atoms with Crippen LogP contribution in [0.1, 0.15) is 59.7 Å². The summed E-state index contributed by atoms with van der Waals surface area (Å²) in [6, 6.07) is 4.34. The molecule has 6 nitrogen and oxygen atoms in total. The van der Waals surface area contributed by atoms with Gasteiger partial charge in [-0.3, -0.25) is 4.98 Å². The summed E-state index contributed by atoms with van der Waals surface area (Å²) >= 11 is 0. The number of rotatable bonds is 5. The Morgan fingerprint density at radius 1 is 1.08 bits per heavy atom. The van der Waals surface area contributed by atoms with Crippen LogP contribution in [-0.2, 0) is 10.9 Å². The Kier molecular flexibility index (Phi) is 5.79. The Morgan fingerprint density at radius 3 is 2.67 bits per heavy atom. The number of likely N-dealkylation sites (tertiary alicyclic amines) is 1. The standard InChI is InChI=1S/C27H34F3N5O/c28-27(29,30)22-7-10-31-14-21(22)23-5-6-25(34-33-23)32-20-12-18-15-35(16-19(18)13-20)17-26-8-3-1-2-4-24(26)36-11-9-26/h5-7,10,14,18-20,24H,1-4,8-9,11-13,15-17H2,(H,32,34)/t18?,19?,20?,24-,26+/m0/s1/i17D2. The molecule has 0 spiro atoms. The van der Waals surface area contributed by atoms with Gasteiger partial charge in [0.15, 0.2) is 0 Å². The van der Waals surface area contributed by atoms with Gasteiger partial charge in [-0.15, -0.1) is 10.2 Å². The first-order valence-electron chi connectivity index (χ1n) is 14.2. The molecule has 36 heavy (non-hydrogen) atoms. The van der Waals surface area contributed by atoms with Gasteiger partial charge in [-0.2, -0.15) is 13.2 Å². The van der Waals surface area contributed by atoms with Gasteiger partial charge < -0.3 is 15.0 Å². The van der Waals surface area contributed by atoms with Crippen molar-refractivity contribution in [2.75, 3.05) is 31.5 Å². The monoisotopic (exact) mass is 503 g/mol. The minimum Gasteiger partial charge on any atom is -0.378 e. The zero-order chi connectivity index (χ0) is 26.5. The lowest BCUT2D eigenvalue weighted by atomic mass is 9.76. The van der Waals surface area contributed by atoms with E-state index in [9.17, 15) is 15.9 Å². The summed E-state index contributed by atoms with van der Waals surface area (Å²) < 4.78 is 64.7. The average Bonchev–Trinajstić information content (AvgIpc) is 3.55. The highest BCUT2D eigenvalue weighted by molar-refractivity contribution is 5.63. The highest BCUT2D eigenvalue weighted by Gasteiger charge is 2.48. The Labute approximate surface area is 212 Å². The van der Waals surface area contributed by atoms with E-state index in [-0.39, 0.29) is 23.4 Å². The van der Waals surface area contributed by atoms with Crippen molar-refractivity contribution in [2.45, 2.75) is 69.7 Å². The fourth-order valence-electron chi connectivity index (χ4n) is 6.91. The minimum absolute atomic E-state index is 0.0234. The Balaban J connectivity index is 1.09. The molecule has 6 rings (SSSR count). The molecule has 2 aliphatic heterocycles. The van der Waals surface area contributed by atoms with E-state index in [1.807, 2.05) is 0 Å². The normalized spacial score (nSPS) is 34.0. The molecule has 9 heteroatoms. The number of anilines is 1. The van der Waals surface area contributed by atoms with Gasteiger partial charge in [-0.1, -0.05) is 19.3 Å². The molecule has 4 heterocycles. The first kappa shape index (κ1) is 21.8. The van der Waals surface area contributed by atoms with Gasteiger partial charge >= 0.3 is 6.18 Å². The predicted molar refractivity (Wildman–Crippen MR) is 130 cm³/mol. The summed E-state index contributed by atoms with van der Waals surface area (Å²) in [5.41, 5.74) is -1.15. The van der Waals surface area contributed by atoms with Crippen molar-refractivity contribution in [2.24, 2.45) is 17.3 Å². The maximum absolute atomic E-state index is 13.4. The van der Waals surface area contributed by atoms with Gasteiger partial charge in [-0.25, -0.2) is 0 Å². The number of pyridine rings is 1. The van der Waals surface area contributed by atoms with Gasteiger partial charge in [0.05, 0.1) is 17.4 Å². The van der Waals surface area contributed by atoms with E-state index in [1.165, 1.54) is 0 Å². The van der Waals surface area contributed by atoms with Crippen LogP contribution in [0.3, 0.4) is 0 Å². The van der Waals surface area contributed by atoms with Crippen molar-refractivity contribution >= 4 is 5.82 Å². The molecule has 2 aromatic rings. The maximum atomic E-state index is 13.4. The van der Waals surface area contributed by atoms with Crippen molar-refractivity contribution < 1.29 is 20.6 Å². The largest absolute Gasteiger partial charge is 0.417 e. The van der Waals surface area contributed by atoms with Crippen molar-refractivity contribution in [1.29, 1.82) is 0 Å². The first-order chi connectivity index (χ1) is 18.2. The van der Waals surface area contributed by atoms with Crippen molar-refractivity contribution in [3.8, 4) is 11.3 Å². The van der Waals surface area contributed by atoms with Gasteiger partial charge in [0.25, 0.3) is 0 Å². The lowest BCUT2D eigenvalue weighted by Crippen LogP contribution is -2.42. The zero-order valence-electron chi connectivity index (χ0n) is 22.3. The first-order valence-corrected chi connectivity index (χ1v) is 13.2.